The zero-order chi connectivity index (χ0) is 19.8. The van der Waals surface area contributed by atoms with E-state index in [-0.39, 0.29) is 0 Å². The fourth-order valence-electron chi connectivity index (χ4n) is 3.18. The number of nitrogens with zero attached hydrogens (tertiary/aromatic N) is 2. The first kappa shape index (κ1) is 23.8. The van der Waals surface area contributed by atoms with Gasteiger partial charge in [0.05, 0.1) is 0 Å². The lowest BCUT2D eigenvalue weighted by atomic mass is 10.2. The van der Waals surface area contributed by atoms with Crippen LogP contribution in [0.5, 0.6) is 0 Å². The summed E-state index contributed by atoms with van der Waals surface area (Å²) in [4.78, 5) is 23.8. The van der Waals surface area contributed by atoms with E-state index in [9.17, 15) is 9.59 Å². The van der Waals surface area contributed by atoms with Crippen molar-refractivity contribution >= 4 is 20.5 Å². The summed E-state index contributed by atoms with van der Waals surface area (Å²) in [5.74, 6) is 1.29. The van der Waals surface area contributed by atoms with Crippen molar-refractivity contribution < 1.29 is 18.8 Å². The molecule has 0 saturated carbocycles. The van der Waals surface area contributed by atoms with Gasteiger partial charge in [0.25, 0.3) is 8.32 Å². The van der Waals surface area contributed by atoms with Gasteiger partial charge in [0.2, 0.25) is 0 Å². The zero-order valence-electron chi connectivity index (χ0n) is 17.4. The number of amides is 2. The molecule has 0 aliphatic rings. The Morgan fingerprint density at radius 3 is 1.48 bits per heavy atom. The second kappa shape index (κ2) is 10.0. The smallest absolute Gasteiger partial charge is 0.453 e. The molecule has 0 N–H and O–H groups in total. The normalized spacial score (nSPS) is 13.1. The Labute approximate surface area is 153 Å². The topological polar surface area (TPSA) is 77.3 Å². The summed E-state index contributed by atoms with van der Waals surface area (Å²) < 4.78 is 10.9. The van der Waals surface area contributed by atoms with Crippen LogP contribution in [0, 0.1) is 17.8 Å². The van der Waals surface area contributed by atoms with Crippen molar-refractivity contribution in [2.45, 2.75) is 86.0 Å². The van der Waals surface area contributed by atoms with Gasteiger partial charge in [-0.3, -0.25) is 0 Å². The Balaban J connectivity index is 5.20. The lowest BCUT2D eigenvalue weighted by molar-refractivity contribution is 0.0588. The molecule has 0 aromatic carbocycles. The molecule has 0 aliphatic heterocycles. The molecular weight excluding hydrogens is 336 g/mol. The number of rotatable bonds is 7. The summed E-state index contributed by atoms with van der Waals surface area (Å²) >= 11 is 0. The van der Waals surface area contributed by atoms with Crippen molar-refractivity contribution in [1.29, 1.82) is 0 Å². The van der Waals surface area contributed by atoms with E-state index in [0.29, 0.717) is 17.8 Å². The van der Waals surface area contributed by atoms with Crippen LogP contribution in [0.15, 0.2) is 10.2 Å². The third kappa shape index (κ3) is 11.9. The van der Waals surface area contributed by atoms with Crippen LogP contribution in [0.25, 0.3) is 0 Å². The number of hydrogen-bond acceptors (Lipinski definition) is 4. The molecule has 2 amide bonds. The first-order chi connectivity index (χ1) is 11.2. The second-order valence-corrected chi connectivity index (χ2v) is 12.8. The summed E-state index contributed by atoms with van der Waals surface area (Å²) in [5, 5.41) is 6.78. The molecular formula is C18H36N2O4Si. The Morgan fingerprint density at radius 1 is 0.800 bits per heavy atom. The van der Waals surface area contributed by atoms with Crippen LogP contribution in [0.1, 0.15) is 62.3 Å². The quantitative estimate of drug-likeness (QED) is 0.381. The predicted molar refractivity (Wildman–Crippen MR) is 102 cm³/mol. The van der Waals surface area contributed by atoms with Gasteiger partial charge in [0.1, 0.15) is 5.60 Å². The average Bonchev–Trinajstić information content (AvgIpc) is 2.30. The highest BCUT2D eigenvalue weighted by Gasteiger charge is 2.40. The van der Waals surface area contributed by atoms with Crippen LogP contribution in [-0.2, 0) is 9.16 Å². The maximum Gasteiger partial charge on any atom is 0.453 e. The maximum absolute atomic E-state index is 12.2. The van der Waals surface area contributed by atoms with E-state index in [1.54, 1.807) is 20.8 Å². The van der Waals surface area contributed by atoms with E-state index in [1.807, 2.05) is 0 Å². The minimum absolute atomic E-state index is 0.430. The fraction of sp³-hybridized carbons (Fsp3) is 0.889. The van der Waals surface area contributed by atoms with Crippen LogP contribution in [-0.4, -0.2) is 26.1 Å². The monoisotopic (exact) mass is 372 g/mol. The van der Waals surface area contributed by atoms with Gasteiger partial charge in [0.15, 0.2) is 0 Å². The largest absolute Gasteiger partial charge is 0.501 e. The molecule has 0 atom stereocenters. The van der Waals surface area contributed by atoms with E-state index < -0.39 is 26.1 Å². The molecule has 0 bridgehead atoms. The first-order valence-electron chi connectivity index (χ1n) is 9.12. The molecule has 25 heavy (non-hydrogen) atoms. The van der Waals surface area contributed by atoms with Crippen LogP contribution >= 0.6 is 0 Å². The van der Waals surface area contributed by atoms with Crippen molar-refractivity contribution in [3.05, 3.63) is 0 Å². The van der Waals surface area contributed by atoms with E-state index in [1.165, 1.54) is 0 Å². The number of carbonyl (C=O) groups is 2. The summed E-state index contributed by atoms with van der Waals surface area (Å²) in [7, 11) is -2.32. The molecule has 0 aliphatic carbocycles. The van der Waals surface area contributed by atoms with Crippen LogP contribution in [0.4, 0.5) is 9.59 Å². The third-order valence-corrected chi connectivity index (χ3v) is 8.54. The standard InChI is InChI=1S/C18H36N2O4Si/c1-13(2)10-25(11-14(3)4,12-15(5)6)24-17(22)20-19-16(21)23-18(7,8)9/h13-15H,10-12H2,1-9H3. The number of carbonyl (C=O) groups excluding carboxylic acids is 2. The van der Waals surface area contributed by atoms with E-state index >= 15 is 0 Å². The molecule has 146 valence electrons. The summed E-state index contributed by atoms with van der Waals surface area (Å²) in [6.45, 7) is 18.0. The number of ether oxygens (including phenoxy) is 1. The molecule has 0 heterocycles. The Kier molecular flexibility index (Phi) is 9.54. The van der Waals surface area contributed by atoms with Crippen LogP contribution in [0.2, 0.25) is 18.1 Å². The fourth-order valence-corrected chi connectivity index (χ4v) is 8.80. The molecule has 6 nitrogen and oxygen atoms in total. The van der Waals surface area contributed by atoms with Gasteiger partial charge in [-0.25, -0.2) is 9.59 Å². The number of hydrogen-bond donors (Lipinski definition) is 0. The van der Waals surface area contributed by atoms with Crippen molar-refractivity contribution in [3.8, 4) is 0 Å². The van der Waals surface area contributed by atoms with Crippen molar-refractivity contribution in [3.63, 3.8) is 0 Å². The van der Waals surface area contributed by atoms with Gasteiger partial charge >= 0.3 is 12.2 Å². The first-order valence-corrected chi connectivity index (χ1v) is 11.7. The Morgan fingerprint density at radius 2 is 1.16 bits per heavy atom. The van der Waals surface area contributed by atoms with Gasteiger partial charge in [-0.05, 0) is 56.7 Å². The molecule has 0 unspecified atom stereocenters. The minimum Gasteiger partial charge on any atom is -0.501 e. The van der Waals surface area contributed by atoms with Crippen LogP contribution in [0.3, 0.4) is 0 Å². The predicted octanol–water partition coefficient (Wildman–Crippen LogP) is 6.42. The zero-order valence-corrected chi connectivity index (χ0v) is 18.4. The molecule has 7 heteroatoms. The van der Waals surface area contributed by atoms with Gasteiger partial charge in [-0.1, -0.05) is 51.8 Å². The van der Waals surface area contributed by atoms with Crippen molar-refractivity contribution in [1.82, 2.24) is 0 Å². The Bertz CT molecular complexity index is 442. The lowest BCUT2D eigenvalue weighted by Crippen LogP contribution is -2.43. The lowest BCUT2D eigenvalue weighted by Gasteiger charge is -2.34. The van der Waals surface area contributed by atoms with E-state index in [2.05, 4.69) is 51.8 Å². The van der Waals surface area contributed by atoms with Crippen molar-refractivity contribution in [2.24, 2.45) is 28.0 Å². The average molecular weight is 373 g/mol. The SMILES string of the molecule is CC(C)C[Si](CC(C)C)(CC(C)C)OC(=O)N=NC(=O)OC(C)(C)C. The van der Waals surface area contributed by atoms with E-state index in [4.69, 9.17) is 9.16 Å². The summed E-state index contributed by atoms with van der Waals surface area (Å²) in [5.41, 5.74) is -0.675. The number of azo groups is 1. The molecule has 0 aromatic heterocycles. The third-order valence-electron chi connectivity index (χ3n) is 3.25. The van der Waals surface area contributed by atoms with Gasteiger partial charge < -0.3 is 9.16 Å². The van der Waals surface area contributed by atoms with Crippen LogP contribution < -0.4 is 0 Å². The second-order valence-electron chi connectivity index (χ2n) is 9.03. The van der Waals surface area contributed by atoms with E-state index in [0.717, 1.165) is 18.1 Å². The summed E-state index contributed by atoms with van der Waals surface area (Å²) in [6.07, 6.45) is -1.66. The molecule has 0 fully saturated rings. The molecule has 0 spiro atoms. The summed E-state index contributed by atoms with van der Waals surface area (Å²) in [6, 6.07) is 2.66. The highest BCUT2D eigenvalue weighted by molar-refractivity contribution is 6.75. The molecule has 0 aromatic rings. The molecule has 0 rings (SSSR count). The van der Waals surface area contributed by atoms with Crippen molar-refractivity contribution in [2.75, 3.05) is 0 Å². The molecule has 0 saturated heterocycles. The Hall–Kier alpha value is -1.24. The minimum atomic E-state index is -2.32. The van der Waals surface area contributed by atoms with Gasteiger partial charge in [-0.2, -0.15) is 0 Å². The van der Waals surface area contributed by atoms with Gasteiger partial charge in [-0.15, -0.1) is 0 Å². The highest BCUT2D eigenvalue weighted by atomic mass is 28.4. The molecule has 0 radical (unpaired) electrons. The van der Waals surface area contributed by atoms with Gasteiger partial charge in [0, 0.05) is 0 Å². The maximum atomic E-state index is 12.2. The highest BCUT2D eigenvalue weighted by Crippen LogP contribution is 2.33.